The third kappa shape index (κ3) is 4.12. The first kappa shape index (κ1) is 19.3. The highest BCUT2D eigenvalue weighted by Crippen LogP contribution is 2.58. The van der Waals surface area contributed by atoms with E-state index >= 15 is 0 Å². The molecule has 0 radical (unpaired) electrons. The van der Waals surface area contributed by atoms with Crippen molar-refractivity contribution in [2.75, 3.05) is 13.1 Å². The first-order valence-corrected chi connectivity index (χ1v) is 9.00. The molecule has 4 heteroatoms. The molecule has 2 unspecified atom stereocenters. The van der Waals surface area contributed by atoms with Gasteiger partial charge in [-0.1, -0.05) is 44.2 Å². The van der Waals surface area contributed by atoms with Gasteiger partial charge in [-0.15, -0.1) is 12.4 Å². The normalized spacial score (nSPS) is 23.2. The molecule has 1 saturated heterocycles. The lowest BCUT2D eigenvalue weighted by molar-refractivity contribution is -0.124. The summed E-state index contributed by atoms with van der Waals surface area (Å²) in [4.78, 5) is 12.6. The molecule has 1 saturated carbocycles. The molecule has 24 heavy (non-hydrogen) atoms. The second-order valence-electron chi connectivity index (χ2n) is 8.23. The highest BCUT2D eigenvalue weighted by molar-refractivity contribution is 5.85. The van der Waals surface area contributed by atoms with Gasteiger partial charge < -0.3 is 10.6 Å². The Labute approximate surface area is 152 Å². The molecule has 2 N–H and O–H groups in total. The van der Waals surface area contributed by atoms with Crippen LogP contribution in [0.3, 0.4) is 0 Å². The lowest BCUT2D eigenvalue weighted by Crippen LogP contribution is -2.40. The Bertz CT molecular complexity index is 552. The summed E-state index contributed by atoms with van der Waals surface area (Å²) >= 11 is 0. The maximum absolute atomic E-state index is 12.6. The van der Waals surface area contributed by atoms with Crippen LogP contribution in [0.15, 0.2) is 30.3 Å². The fourth-order valence-electron chi connectivity index (χ4n) is 4.36. The lowest BCUT2D eigenvalue weighted by Gasteiger charge is -2.29. The number of carbonyl (C=O) groups is 1. The van der Waals surface area contributed by atoms with Crippen LogP contribution in [-0.2, 0) is 10.2 Å². The maximum Gasteiger partial charge on any atom is 0.223 e. The van der Waals surface area contributed by atoms with Crippen molar-refractivity contribution in [2.24, 2.45) is 11.3 Å². The number of carbonyl (C=O) groups excluding carboxylic acids is 1. The van der Waals surface area contributed by atoms with E-state index in [9.17, 15) is 4.79 Å². The van der Waals surface area contributed by atoms with Crippen molar-refractivity contribution < 1.29 is 4.79 Å². The monoisotopic (exact) mass is 350 g/mol. The van der Waals surface area contributed by atoms with E-state index in [1.807, 2.05) is 0 Å². The van der Waals surface area contributed by atoms with E-state index in [2.05, 4.69) is 61.7 Å². The third-order valence-corrected chi connectivity index (χ3v) is 5.87. The Balaban J connectivity index is 0.00000208. The van der Waals surface area contributed by atoms with Crippen molar-refractivity contribution >= 4 is 18.3 Å². The summed E-state index contributed by atoms with van der Waals surface area (Å²) in [6.07, 6.45) is 4.38. The van der Waals surface area contributed by atoms with E-state index in [1.165, 1.54) is 5.56 Å². The molecule has 0 aromatic heterocycles. The van der Waals surface area contributed by atoms with Gasteiger partial charge in [-0.05, 0) is 62.1 Å². The minimum absolute atomic E-state index is 0. The molecule has 0 bridgehead atoms. The van der Waals surface area contributed by atoms with Crippen LogP contribution in [0.1, 0.15) is 52.0 Å². The summed E-state index contributed by atoms with van der Waals surface area (Å²) < 4.78 is 0. The number of halogens is 1. The number of hydrogen-bond donors (Lipinski definition) is 2. The van der Waals surface area contributed by atoms with Crippen LogP contribution in [-0.4, -0.2) is 25.0 Å². The number of nitrogens with one attached hydrogen (secondary N) is 2. The number of rotatable bonds is 5. The molecule has 1 aromatic rings. The average molecular weight is 351 g/mol. The van der Waals surface area contributed by atoms with Crippen molar-refractivity contribution in [2.45, 2.75) is 57.9 Å². The van der Waals surface area contributed by atoms with Crippen LogP contribution in [0.5, 0.6) is 0 Å². The molecule has 2 aliphatic rings. The summed E-state index contributed by atoms with van der Waals surface area (Å²) in [5.41, 5.74) is 1.73. The zero-order valence-corrected chi connectivity index (χ0v) is 15.9. The second-order valence-corrected chi connectivity index (χ2v) is 8.23. The Morgan fingerprint density at radius 1 is 1.29 bits per heavy atom. The largest absolute Gasteiger partial charge is 0.353 e. The van der Waals surface area contributed by atoms with Crippen molar-refractivity contribution in [1.82, 2.24) is 10.6 Å². The zero-order valence-electron chi connectivity index (χ0n) is 15.1. The van der Waals surface area contributed by atoms with Gasteiger partial charge in [0.25, 0.3) is 0 Å². The van der Waals surface area contributed by atoms with E-state index in [1.54, 1.807) is 0 Å². The molecule has 1 heterocycles. The first-order valence-electron chi connectivity index (χ1n) is 9.00. The van der Waals surface area contributed by atoms with Crippen molar-refractivity contribution in [3.8, 4) is 0 Å². The first-order chi connectivity index (χ1) is 10.9. The van der Waals surface area contributed by atoms with Crippen LogP contribution in [0.4, 0.5) is 0 Å². The Kier molecular flexibility index (Phi) is 5.98. The summed E-state index contributed by atoms with van der Waals surface area (Å²) in [5.74, 6) is 0.537. The highest BCUT2D eigenvalue weighted by atomic mass is 35.5. The Morgan fingerprint density at radius 2 is 1.92 bits per heavy atom. The number of benzene rings is 1. The number of hydrogen-bond acceptors (Lipinski definition) is 2. The van der Waals surface area contributed by atoms with Gasteiger partial charge in [-0.25, -0.2) is 0 Å². The molecule has 3 rings (SSSR count). The molecule has 1 amide bonds. The van der Waals surface area contributed by atoms with Crippen LogP contribution in [0.25, 0.3) is 0 Å². The molecule has 134 valence electrons. The molecule has 2 fully saturated rings. The van der Waals surface area contributed by atoms with Crippen LogP contribution < -0.4 is 10.6 Å². The van der Waals surface area contributed by atoms with Gasteiger partial charge >= 0.3 is 0 Å². The Hall–Kier alpha value is -1.06. The molecule has 1 spiro atoms. The van der Waals surface area contributed by atoms with Gasteiger partial charge in [-0.3, -0.25) is 4.79 Å². The molecule has 1 aliphatic carbocycles. The fraction of sp³-hybridized carbons (Fsp3) is 0.650. The maximum atomic E-state index is 12.6. The van der Waals surface area contributed by atoms with Gasteiger partial charge in [0, 0.05) is 12.0 Å². The van der Waals surface area contributed by atoms with Gasteiger partial charge in [0.1, 0.15) is 0 Å². The van der Waals surface area contributed by atoms with E-state index < -0.39 is 0 Å². The average Bonchev–Trinajstić information content (AvgIpc) is 3.21. The topological polar surface area (TPSA) is 41.1 Å². The van der Waals surface area contributed by atoms with Gasteiger partial charge in [-0.2, -0.15) is 0 Å². The second kappa shape index (κ2) is 7.45. The summed E-state index contributed by atoms with van der Waals surface area (Å²) in [6, 6.07) is 10.8. The van der Waals surface area contributed by atoms with Crippen molar-refractivity contribution in [3.63, 3.8) is 0 Å². The minimum atomic E-state index is 0. The van der Waals surface area contributed by atoms with Gasteiger partial charge in [0.15, 0.2) is 0 Å². The highest BCUT2D eigenvalue weighted by Gasteiger charge is 2.57. The van der Waals surface area contributed by atoms with Crippen molar-refractivity contribution in [1.29, 1.82) is 0 Å². The zero-order chi connectivity index (χ0) is 16.5. The van der Waals surface area contributed by atoms with Crippen LogP contribution in [0.2, 0.25) is 0 Å². The number of piperidine rings is 1. The molecular formula is C20H31ClN2O. The fourth-order valence-corrected chi connectivity index (χ4v) is 4.36. The molecular weight excluding hydrogens is 320 g/mol. The predicted molar refractivity (Wildman–Crippen MR) is 102 cm³/mol. The van der Waals surface area contributed by atoms with Gasteiger partial charge in [0.05, 0.1) is 0 Å². The Morgan fingerprint density at radius 3 is 2.54 bits per heavy atom. The molecule has 1 aliphatic heterocycles. The van der Waals surface area contributed by atoms with Crippen LogP contribution in [0, 0.1) is 11.3 Å². The summed E-state index contributed by atoms with van der Waals surface area (Å²) in [6.45, 7) is 8.80. The van der Waals surface area contributed by atoms with E-state index in [4.69, 9.17) is 0 Å². The predicted octanol–water partition coefficient (Wildman–Crippen LogP) is 3.67. The lowest BCUT2D eigenvalue weighted by atomic mass is 9.79. The summed E-state index contributed by atoms with van der Waals surface area (Å²) in [5, 5.41) is 6.68. The quantitative estimate of drug-likeness (QED) is 0.850. The van der Waals surface area contributed by atoms with E-state index in [0.29, 0.717) is 5.41 Å². The SMILES string of the molecule is CC(CC(C)(C)c1ccccc1)NC(=O)C1CC12CCNCC2.Cl. The van der Waals surface area contributed by atoms with Gasteiger partial charge in [0.2, 0.25) is 5.91 Å². The van der Waals surface area contributed by atoms with E-state index in [0.717, 1.165) is 38.8 Å². The summed E-state index contributed by atoms with van der Waals surface area (Å²) in [7, 11) is 0. The smallest absolute Gasteiger partial charge is 0.223 e. The van der Waals surface area contributed by atoms with E-state index in [-0.39, 0.29) is 35.7 Å². The third-order valence-electron chi connectivity index (χ3n) is 5.87. The number of amides is 1. The van der Waals surface area contributed by atoms with Crippen LogP contribution >= 0.6 is 12.4 Å². The molecule has 1 aromatic carbocycles. The molecule has 2 atom stereocenters. The minimum Gasteiger partial charge on any atom is -0.353 e. The van der Waals surface area contributed by atoms with Crippen molar-refractivity contribution in [3.05, 3.63) is 35.9 Å². The standard InChI is InChI=1S/C20H30N2O.ClH/c1-15(13-19(2,3)16-7-5-4-6-8-16)22-18(23)17-14-20(17)9-11-21-12-10-20;/h4-8,15,17,21H,9-14H2,1-3H3,(H,22,23);1H. The molecule has 3 nitrogen and oxygen atoms in total.